The molecule has 0 bridgehead atoms. The van der Waals surface area contributed by atoms with Gasteiger partial charge in [0.25, 0.3) is 0 Å². The Hall–Kier alpha value is -4.94. The Morgan fingerprint density at radius 3 is 1.33 bits per heavy atom. The summed E-state index contributed by atoms with van der Waals surface area (Å²) in [6.07, 6.45) is 0. The van der Waals surface area contributed by atoms with E-state index >= 15 is 0 Å². The average Bonchev–Trinajstić information content (AvgIpc) is 3.55. The molecule has 0 spiro atoms. The number of nitrogen functional groups attached to an aromatic ring is 2. The Morgan fingerprint density at radius 1 is 0.643 bits per heavy atom. The van der Waals surface area contributed by atoms with Gasteiger partial charge in [-0.1, -0.05) is 46.9 Å². The van der Waals surface area contributed by atoms with Crippen LogP contribution in [0.3, 0.4) is 0 Å². The van der Waals surface area contributed by atoms with Crippen molar-refractivity contribution in [3.05, 3.63) is 93.7 Å². The number of benzene rings is 3. The summed E-state index contributed by atoms with van der Waals surface area (Å²) in [5.41, 5.74) is 14.5. The quantitative estimate of drug-likeness (QED) is 0.116. The summed E-state index contributed by atoms with van der Waals surface area (Å²) in [6, 6.07) is 21.2. The third-order valence-electron chi connectivity index (χ3n) is 5.96. The van der Waals surface area contributed by atoms with Crippen molar-refractivity contribution in [2.75, 3.05) is 35.3 Å². The van der Waals surface area contributed by atoms with Crippen molar-refractivity contribution in [3.63, 3.8) is 0 Å². The van der Waals surface area contributed by atoms with Crippen LogP contribution in [-0.2, 0) is 0 Å². The van der Waals surface area contributed by atoms with Gasteiger partial charge in [-0.15, -0.1) is 0 Å². The highest BCUT2D eigenvalue weighted by molar-refractivity contribution is 7.18. The van der Waals surface area contributed by atoms with Crippen LogP contribution in [0.25, 0.3) is 0 Å². The van der Waals surface area contributed by atoms with Gasteiger partial charge in [0.05, 0.1) is 13.2 Å². The number of nitrogens with zero attached hydrogens (tertiary/aromatic N) is 2. The van der Waals surface area contributed by atoms with Gasteiger partial charge in [-0.2, -0.15) is 0 Å². The smallest absolute Gasteiger partial charge is 0.206 e. The van der Waals surface area contributed by atoms with Crippen LogP contribution in [0, 0.1) is 0 Å². The molecule has 0 aliphatic rings. The number of carbonyl (C=O) groups is 2. The van der Waals surface area contributed by atoms with Crippen molar-refractivity contribution in [1.29, 1.82) is 0 Å². The summed E-state index contributed by atoms with van der Waals surface area (Å²) in [7, 11) is 0. The molecule has 0 saturated carbocycles. The Balaban J connectivity index is 1.25. The zero-order chi connectivity index (χ0) is 29.6. The predicted octanol–water partition coefficient (Wildman–Crippen LogP) is 6.51. The van der Waals surface area contributed by atoms with Gasteiger partial charge in [-0.3, -0.25) is 9.59 Å². The molecule has 5 aromatic rings. The first kappa shape index (κ1) is 28.6. The lowest BCUT2D eigenvalue weighted by atomic mass is 10.0. The van der Waals surface area contributed by atoms with E-state index in [4.69, 9.17) is 20.9 Å². The number of carbonyl (C=O) groups excluding carboxylic acids is 2. The summed E-state index contributed by atoms with van der Waals surface area (Å²) >= 11 is 2.31. The number of hydrogen-bond acceptors (Lipinski definition) is 12. The molecule has 12 heteroatoms. The van der Waals surface area contributed by atoms with Crippen LogP contribution < -0.4 is 31.6 Å². The normalized spacial score (nSPS) is 10.7. The van der Waals surface area contributed by atoms with E-state index in [1.165, 1.54) is 0 Å². The summed E-state index contributed by atoms with van der Waals surface area (Å²) in [5, 5.41) is 7.30. The minimum atomic E-state index is -0.289. The molecule has 3 aromatic carbocycles. The molecule has 0 atom stereocenters. The molecular formula is C30H28N6O4S2. The second-order valence-corrected chi connectivity index (χ2v) is 10.9. The standard InChI is InChI=1S/C30H28N6O4S2/c1-3-39-21-13-9-19(10-14-21)33-29-35-27(31)25(41-29)23(37)17-5-7-18(8-6-17)24(38)26-28(32)36-30(42-26)34-20-11-15-22(16-12-20)40-4-2/h5-16H,3-4,31-32H2,1-2H3,(H,33,35)(H,34,36). The van der Waals surface area contributed by atoms with Crippen molar-refractivity contribution in [2.24, 2.45) is 0 Å². The van der Waals surface area contributed by atoms with Gasteiger partial charge < -0.3 is 31.6 Å². The number of nitrogens with one attached hydrogen (secondary N) is 2. The molecule has 0 saturated heterocycles. The van der Waals surface area contributed by atoms with Crippen molar-refractivity contribution in [2.45, 2.75) is 13.8 Å². The third-order valence-corrected chi connectivity index (χ3v) is 7.93. The van der Waals surface area contributed by atoms with Gasteiger partial charge in [0, 0.05) is 22.5 Å². The summed E-state index contributed by atoms with van der Waals surface area (Å²) in [4.78, 5) is 35.6. The Bertz CT molecular complexity index is 1570. The predicted molar refractivity (Wildman–Crippen MR) is 168 cm³/mol. The van der Waals surface area contributed by atoms with Crippen LogP contribution in [0.15, 0.2) is 72.8 Å². The topological polar surface area (TPSA) is 154 Å². The van der Waals surface area contributed by atoms with E-state index in [9.17, 15) is 9.59 Å². The van der Waals surface area contributed by atoms with Crippen LogP contribution in [-0.4, -0.2) is 34.7 Å². The maximum absolute atomic E-state index is 13.2. The van der Waals surface area contributed by atoms with Crippen LogP contribution in [0.5, 0.6) is 11.5 Å². The van der Waals surface area contributed by atoms with E-state index in [1.807, 2.05) is 62.4 Å². The molecule has 6 N–H and O–H groups in total. The highest BCUT2D eigenvalue weighted by Crippen LogP contribution is 2.32. The van der Waals surface area contributed by atoms with Gasteiger partial charge in [0.2, 0.25) is 11.6 Å². The molecule has 0 fully saturated rings. The zero-order valence-electron chi connectivity index (χ0n) is 22.8. The molecule has 0 radical (unpaired) electrons. The van der Waals surface area contributed by atoms with Gasteiger partial charge in [0.1, 0.15) is 32.9 Å². The lowest BCUT2D eigenvalue weighted by molar-refractivity contribution is 0.103. The number of ketones is 2. The minimum absolute atomic E-state index is 0.128. The second-order valence-electron chi connectivity index (χ2n) is 8.87. The monoisotopic (exact) mass is 600 g/mol. The SMILES string of the molecule is CCOc1ccc(Nc2nc(N)c(C(=O)c3ccc(C(=O)c4sc(Nc5ccc(OCC)cc5)nc4N)cc3)s2)cc1. The molecule has 10 nitrogen and oxygen atoms in total. The summed E-state index contributed by atoms with van der Waals surface area (Å²) in [6.45, 7) is 5.01. The number of hydrogen-bond donors (Lipinski definition) is 4. The number of thiazole rings is 2. The number of rotatable bonds is 12. The number of aromatic nitrogens is 2. The lowest BCUT2D eigenvalue weighted by Gasteiger charge is -2.05. The highest BCUT2D eigenvalue weighted by atomic mass is 32.1. The summed E-state index contributed by atoms with van der Waals surface area (Å²) < 4.78 is 10.9. The molecule has 0 aliphatic heterocycles. The molecule has 0 amide bonds. The van der Waals surface area contributed by atoms with Crippen molar-refractivity contribution < 1.29 is 19.1 Å². The fourth-order valence-corrected chi connectivity index (χ4v) is 5.71. The van der Waals surface area contributed by atoms with Crippen molar-refractivity contribution in [3.8, 4) is 11.5 Å². The molecule has 42 heavy (non-hydrogen) atoms. The zero-order valence-corrected chi connectivity index (χ0v) is 24.5. The van der Waals surface area contributed by atoms with E-state index in [0.29, 0.717) is 44.4 Å². The first-order valence-corrected chi connectivity index (χ1v) is 14.7. The van der Waals surface area contributed by atoms with E-state index in [1.54, 1.807) is 24.3 Å². The first-order chi connectivity index (χ1) is 20.3. The van der Waals surface area contributed by atoms with Crippen LogP contribution in [0.1, 0.15) is 44.3 Å². The maximum atomic E-state index is 13.2. The van der Waals surface area contributed by atoms with Gasteiger partial charge in [0.15, 0.2) is 10.3 Å². The van der Waals surface area contributed by atoms with Crippen molar-refractivity contribution >= 4 is 67.5 Å². The molecule has 5 rings (SSSR count). The molecule has 214 valence electrons. The Kier molecular flexibility index (Phi) is 8.65. The minimum Gasteiger partial charge on any atom is -0.494 e. The first-order valence-electron chi connectivity index (χ1n) is 13.1. The highest BCUT2D eigenvalue weighted by Gasteiger charge is 2.21. The maximum Gasteiger partial charge on any atom is 0.206 e. The summed E-state index contributed by atoms with van der Waals surface area (Å²) in [5.74, 6) is 1.20. The second kappa shape index (κ2) is 12.7. The van der Waals surface area contributed by atoms with E-state index in [2.05, 4.69) is 20.6 Å². The van der Waals surface area contributed by atoms with Crippen molar-refractivity contribution in [1.82, 2.24) is 9.97 Å². The average molecular weight is 601 g/mol. The third kappa shape index (κ3) is 6.51. The van der Waals surface area contributed by atoms with Crippen LogP contribution >= 0.6 is 22.7 Å². The van der Waals surface area contributed by atoms with Gasteiger partial charge in [-0.25, -0.2) is 9.97 Å². The molecule has 0 unspecified atom stereocenters. The lowest BCUT2D eigenvalue weighted by Crippen LogP contribution is -2.05. The number of ether oxygens (including phenoxy) is 2. The van der Waals surface area contributed by atoms with Gasteiger partial charge in [-0.05, 0) is 62.4 Å². The molecule has 2 aromatic heterocycles. The van der Waals surface area contributed by atoms with Crippen LogP contribution in [0.2, 0.25) is 0 Å². The number of anilines is 6. The fraction of sp³-hybridized carbons (Fsp3) is 0.133. The number of nitrogens with two attached hydrogens (primary N) is 2. The van der Waals surface area contributed by atoms with E-state index in [0.717, 1.165) is 45.5 Å². The molecule has 2 heterocycles. The molecule has 0 aliphatic carbocycles. The largest absolute Gasteiger partial charge is 0.494 e. The van der Waals surface area contributed by atoms with Gasteiger partial charge >= 0.3 is 0 Å². The Morgan fingerprint density at radius 2 is 1.00 bits per heavy atom. The van der Waals surface area contributed by atoms with Crippen LogP contribution in [0.4, 0.5) is 33.3 Å². The Labute approximate surface area is 250 Å². The van der Waals surface area contributed by atoms with E-state index in [-0.39, 0.29) is 23.2 Å². The fourth-order valence-electron chi connectivity index (χ4n) is 3.98. The molecular weight excluding hydrogens is 573 g/mol. The van der Waals surface area contributed by atoms with E-state index < -0.39 is 0 Å².